The van der Waals surface area contributed by atoms with Crippen LogP contribution in [-0.2, 0) is 0 Å². The molecule has 0 radical (unpaired) electrons. The van der Waals surface area contributed by atoms with E-state index in [4.69, 9.17) is 5.73 Å². The third-order valence-electron chi connectivity index (χ3n) is 3.52. The van der Waals surface area contributed by atoms with Gasteiger partial charge in [-0.2, -0.15) is 0 Å². The smallest absolute Gasteiger partial charge is 0.272 e. The SMILES string of the molecule is CCCN1CCC(NC(=O)c2ncccc2N)CC1. The molecule has 3 N–H and O–H groups in total. The summed E-state index contributed by atoms with van der Waals surface area (Å²) in [7, 11) is 0. The molecule has 5 heteroatoms. The van der Waals surface area contributed by atoms with Gasteiger partial charge in [0.05, 0.1) is 5.69 Å². The highest BCUT2D eigenvalue weighted by molar-refractivity contribution is 5.97. The van der Waals surface area contributed by atoms with Gasteiger partial charge in [-0.05, 0) is 37.9 Å². The monoisotopic (exact) mass is 262 g/mol. The van der Waals surface area contributed by atoms with Gasteiger partial charge in [0.1, 0.15) is 0 Å². The molecule has 1 aliphatic heterocycles. The number of amides is 1. The molecule has 0 spiro atoms. The molecule has 0 aromatic carbocycles. The van der Waals surface area contributed by atoms with Gasteiger partial charge >= 0.3 is 0 Å². The largest absolute Gasteiger partial charge is 0.397 e. The number of pyridine rings is 1. The molecule has 0 bridgehead atoms. The van der Waals surface area contributed by atoms with E-state index in [0.29, 0.717) is 11.4 Å². The van der Waals surface area contributed by atoms with Crippen molar-refractivity contribution < 1.29 is 4.79 Å². The fourth-order valence-corrected chi connectivity index (χ4v) is 2.48. The molecule has 0 aliphatic carbocycles. The van der Waals surface area contributed by atoms with Gasteiger partial charge in [0.2, 0.25) is 0 Å². The highest BCUT2D eigenvalue weighted by atomic mass is 16.2. The third kappa shape index (κ3) is 3.67. The molecular formula is C14H22N4O. The van der Waals surface area contributed by atoms with E-state index in [9.17, 15) is 4.79 Å². The van der Waals surface area contributed by atoms with Crippen molar-refractivity contribution in [3.63, 3.8) is 0 Å². The van der Waals surface area contributed by atoms with Gasteiger partial charge in [-0.25, -0.2) is 4.98 Å². The first kappa shape index (κ1) is 13.8. The Balaban J connectivity index is 1.86. The van der Waals surface area contributed by atoms with Crippen molar-refractivity contribution >= 4 is 11.6 Å². The minimum absolute atomic E-state index is 0.160. The molecule has 19 heavy (non-hydrogen) atoms. The van der Waals surface area contributed by atoms with E-state index in [-0.39, 0.29) is 11.9 Å². The highest BCUT2D eigenvalue weighted by Crippen LogP contribution is 2.12. The number of nitrogens with two attached hydrogens (primary N) is 1. The number of rotatable bonds is 4. The summed E-state index contributed by atoms with van der Waals surface area (Å²) in [6, 6.07) is 3.67. The molecule has 1 aromatic rings. The number of nitrogens with one attached hydrogen (secondary N) is 1. The molecule has 0 atom stereocenters. The molecular weight excluding hydrogens is 240 g/mol. The minimum atomic E-state index is -0.160. The zero-order valence-corrected chi connectivity index (χ0v) is 11.4. The van der Waals surface area contributed by atoms with Crippen molar-refractivity contribution in [1.29, 1.82) is 0 Å². The second kappa shape index (κ2) is 6.52. The fourth-order valence-electron chi connectivity index (χ4n) is 2.48. The van der Waals surface area contributed by atoms with Crippen LogP contribution in [-0.4, -0.2) is 41.5 Å². The van der Waals surface area contributed by atoms with E-state index >= 15 is 0 Å². The maximum Gasteiger partial charge on any atom is 0.272 e. The molecule has 2 rings (SSSR count). The van der Waals surface area contributed by atoms with Crippen molar-refractivity contribution in [3.8, 4) is 0 Å². The third-order valence-corrected chi connectivity index (χ3v) is 3.52. The predicted molar refractivity (Wildman–Crippen MR) is 75.9 cm³/mol. The van der Waals surface area contributed by atoms with Crippen molar-refractivity contribution in [3.05, 3.63) is 24.0 Å². The van der Waals surface area contributed by atoms with Gasteiger partial charge in [-0.15, -0.1) is 0 Å². The topological polar surface area (TPSA) is 71.2 Å². The minimum Gasteiger partial charge on any atom is -0.397 e. The number of hydrogen-bond acceptors (Lipinski definition) is 4. The summed E-state index contributed by atoms with van der Waals surface area (Å²) in [5, 5.41) is 3.03. The Hall–Kier alpha value is -1.62. The van der Waals surface area contributed by atoms with Crippen LogP contribution in [0.2, 0.25) is 0 Å². The van der Waals surface area contributed by atoms with Gasteiger partial charge in [0.25, 0.3) is 5.91 Å². The molecule has 1 aromatic heterocycles. The molecule has 104 valence electrons. The Kier molecular flexibility index (Phi) is 4.74. The Labute approximate surface area is 114 Å². The lowest BCUT2D eigenvalue weighted by atomic mass is 10.0. The van der Waals surface area contributed by atoms with Crippen molar-refractivity contribution in [2.24, 2.45) is 0 Å². The van der Waals surface area contributed by atoms with Gasteiger partial charge in [-0.3, -0.25) is 4.79 Å². The number of nitrogen functional groups attached to an aromatic ring is 1. The molecule has 2 heterocycles. The Morgan fingerprint density at radius 1 is 1.53 bits per heavy atom. The van der Waals surface area contributed by atoms with Crippen LogP contribution in [0.4, 0.5) is 5.69 Å². The molecule has 1 fully saturated rings. The lowest BCUT2D eigenvalue weighted by Crippen LogP contribution is -2.45. The summed E-state index contributed by atoms with van der Waals surface area (Å²) in [5.41, 5.74) is 6.52. The summed E-state index contributed by atoms with van der Waals surface area (Å²) in [5.74, 6) is -0.160. The lowest BCUT2D eigenvalue weighted by Gasteiger charge is -2.32. The highest BCUT2D eigenvalue weighted by Gasteiger charge is 2.21. The molecule has 1 amide bonds. The quantitative estimate of drug-likeness (QED) is 0.857. The van der Waals surface area contributed by atoms with Crippen LogP contribution in [0.5, 0.6) is 0 Å². The first-order chi connectivity index (χ1) is 9.20. The average Bonchev–Trinajstić information content (AvgIpc) is 2.42. The molecule has 0 saturated carbocycles. The van der Waals surface area contributed by atoms with E-state index < -0.39 is 0 Å². The molecule has 1 aliphatic rings. The van der Waals surface area contributed by atoms with E-state index in [2.05, 4.69) is 22.1 Å². The molecule has 5 nitrogen and oxygen atoms in total. The van der Waals surface area contributed by atoms with Crippen molar-refractivity contribution in [2.75, 3.05) is 25.4 Å². The Morgan fingerprint density at radius 3 is 2.89 bits per heavy atom. The second-order valence-corrected chi connectivity index (χ2v) is 5.03. The summed E-state index contributed by atoms with van der Waals surface area (Å²) >= 11 is 0. The zero-order valence-electron chi connectivity index (χ0n) is 11.4. The summed E-state index contributed by atoms with van der Waals surface area (Å²) < 4.78 is 0. The average molecular weight is 262 g/mol. The Bertz CT molecular complexity index is 427. The number of carbonyl (C=O) groups is 1. The van der Waals surface area contributed by atoms with Crippen molar-refractivity contribution in [1.82, 2.24) is 15.2 Å². The van der Waals surface area contributed by atoms with Crippen LogP contribution in [0.3, 0.4) is 0 Å². The number of carbonyl (C=O) groups excluding carboxylic acids is 1. The van der Waals surface area contributed by atoms with Crippen LogP contribution in [0, 0.1) is 0 Å². The lowest BCUT2D eigenvalue weighted by molar-refractivity contribution is 0.0907. The van der Waals surface area contributed by atoms with E-state index in [1.807, 2.05) is 0 Å². The zero-order chi connectivity index (χ0) is 13.7. The maximum atomic E-state index is 12.1. The van der Waals surface area contributed by atoms with Gasteiger partial charge < -0.3 is 16.0 Å². The Morgan fingerprint density at radius 2 is 2.26 bits per heavy atom. The van der Waals surface area contributed by atoms with Gasteiger partial charge in [-0.1, -0.05) is 6.92 Å². The first-order valence-corrected chi connectivity index (χ1v) is 6.94. The number of hydrogen-bond donors (Lipinski definition) is 2. The molecule has 0 unspecified atom stereocenters. The summed E-state index contributed by atoms with van der Waals surface area (Å²) in [6.45, 7) is 5.44. The standard InChI is InChI=1S/C14H22N4O/c1-2-8-18-9-5-11(6-10-18)17-14(19)13-12(15)4-3-7-16-13/h3-4,7,11H,2,5-6,8-10,15H2,1H3,(H,17,19). The summed E-state index contributed by atoms with van der Waals surface area (Å²) in [4.78, 5) is 18.6. The van der Waals surface area contributed by atoms with Crippen LogP contribution in [0.1, 0.15) is 36.7 Å². The van der Waals surface area contributed by atoms with E-state index in [0.717, 1.165) is 32.5 Å². The maximum absolute atomic E-state index is 12.1. The number of nitrogens with zero attached hydrogens (tertiary/aromatic N) is 2. The number of aromatic nitrogens is 1. The first-order valence-electron chi connectivity index (χ1n) is 6.94. The normalized spacial score (nSPS) is 17.3. The number of piperidine rings is 1. The van der Waals surface area contributed by atoms with E-state index in [1.165, 1.54) is 6.42 Å². The van der Waals surface area contributed by atoms with E-state index in [1.54, 1.807) is 18.3 Å². The molecule has 1 saturated heterocycles. The van der Waals surface area contributed by atoms with Crippen molar-refractivity contribution in [2.45, 2.75) is 32.2 Å². The van der Waals surface area contributed by atoms with Crippen LogP contribution in [0.15, 0.2) is 18.3 Å². The van der Waals surface area contributed by atoms with Crippen LogP contribution < -0.4 is 11.1 Å². The number of anilines is 1. The second-order valence-electron chi connectivity index (χ2n) is 5.03. The van der Waals surface area contributed by atoms with Gasteiger partial charge in [0.15, 0.2) is 5.69 Å². The van der Waals surface area contributed by atoms with Crippen LogP contribution >= 0.6 is 0 Å². The number of likely N-dealkylation sites (tertiary alicyclic amines) is 1. The van der Waals surface area contributed by atoms with Gasteiger partial charge in [0, 0.05) is 25.3 Å². The fraction of sp³-hybridized carbons (Fsp3) is 0.571. The summed E-state index contributed by atoms with van der Waals surface area (Å²) in [6.07, 6.45) is 4.77. The predicted octanol–water partition coefficient (Wildman–Crippen LogP) is 1.27. The van der Waals surface area contributed by atoms with Crippen LogP contribution in [0.25, 0.3) is 0 Å².